The van der Waals surface area contributed by atoms with Gasteiger partial charge in [0.2, 0.25) is 0 Å². The lowest BCUT2D eigenvalue weighted by Crippen LogP contribution is -2.54. The maximum Gasteiger partial charge on any atom is 0.270 e. The molecule has 0 unspecified atom stereocenters. The Hall–Kier alpha value is -2.71. The summed E-state index contributed by atoms with van der Waals surface area (Å²) >= 11 is 8.61. The van der Waals surface area contributed by atoms with Gasteiger partial charge >= 0.3 is 0 Å². The Morgan fingerprint density at radius 3 is 2.50 bits per heavy atom. The Kier molecular flexibility index (Phi) is 6.11. The Balaban J connectivity index is 1.94. The van der Waals surface area contributed by atoms with E-state index in [4.69, 9.17) is 21.7 Å². The van der Waals surface area contributed by atoms with Crippen molar-refractivity contribution in [2.24, 2.45) is 0 Å². The highest BCUT2D eigenvalue weighted by Crippen LogP contribution is 2.28. The zero-order chi connectivity index (χ0) is 20.3. The van der Waals surface area contributed by atoms with Crippen molar-refractivity contribution < 1.29 is 19.1 Å². The molecule has 1 saturated heterocycles. The first kappa shape index (κ1) is 20.0. The molecule has 0 aromatic heterocycles. The van der Waals surface area contributed by atoms with Crippen molar-refractivity contribution in [1.82, 2.24) is 5.32 Å². The number of nitrogens with one attached hydrogen (secondary N) is 1. The van der Waals surface area contributed by atoms with Crippen LogP contribution < -0.4 is 19.7 Å². The predicted octanol–water partition coefficient (Wildman–Crippen LogP) is 3.69. The molecule has 0 bridgehead atoms. The van der Waals surface area contributed by atoms with Crippen molar-refractivity contribution in [3.8, 4) is 11.5 Å². The number of amides is 2. The molecule has 2 aromatic rings. The third-order valence-corrected chi connectivity index (χ3v) is 4.90. The number of ether oxygens (including phenoxy) is 2. The Bertz CT molecular complexity index is 973. The summed E-state index contributed by atoms with van der Waals surface area (Å²) in [4.78, 5) is 26.7. The van der Waals surface area contributed by atoms with E-state index in [1.165, 1.54) is 11.0 Å². The third-order valence-electron chi connectivity index (χ3n) is 3.99. The summed E-state index contributed by atoms with van der Waals surface area (Å²) in [6, 6.07) is 12.2. The molecule has 1 aliphatic rings. The molecule has 0 radical (unpaired) electrons. The molecule has 1 aliphatic heterocycles. The number of nitrogens with zero attached hydrogens (tertiary/aromatic N) is 1. The van der Waals surface area contributed by atoms with Crippen LogP contribution in [0.15, 0.2) is 52.5 Å². The molecule has 0 spiro atoms. The molecule has 2 aromatic carbocycles. The summed E-state index contributed by atoms with van der Waals surface area (Å²) in [5.41, 5.74) is 1.20. The molecule has 1 N–H and O–H groups in total. The van der Waals surface area contributed by atoms with Crippen LogP contribution in [0.25, 0.3) is 6.08 Å². The van der Waals surface area contributed by atoms with Crippen molar-refractivity contribution in [1.29, 1.82) is 0 Å². The predicted molar refractivity (Wildman–Crippen MR) is 115 cm³/mol. The van der Waals surface area contributed by atoms with Gasteiger partial charge in [0.15, 0.2) is 5.11 Å². The van der Waals surface area contributed by atoms with Crippen LogP contribution in [0.3, 0.4) is 0 Å². The number of hydrogen-bond donors (Lipinski definition) is 1. The fraction of sp³-hybridized carbons (Fsp3) is 0.150. The normalized spacial score (nSPS) is 15.6. The summed E-state index contributed by atoms with van der Waals surface area (Å²) < 4.78 is 11.3. The van der Waals surface area contributed by atoms with Gasteiger partial charge in [0, 0.05) is 0 Å². The number of carbonyl (C=O) groups is 2. The van der Waals surface area contributed by atoms with Crippen LogP contribution in [0, 0.1) is 0 Å². The summed E-state index contributed by atoms with van der Waals surface area (Å²) in [6.45, 7) is 2.43. The van der Waals surface area contributed by atoms with Gasteiger partial charge in [0.05, 0.1) is 23.9 Å². The molecule has 28 heavy (non-hydrogen) atoms. The first-order chi connectivity index (χ1) is 13.4. The van der Waals surface area contributed by atoms with Crippen LogP contribution in [0.4, 0.5) is 5.69 Å². The number of benzene rings is 2. The average Bonchev–Trinajstić information content (AvgIpc) is 2.67. The molecule has 1 heterocycles. The first-order valence-corrected chi connectivity index (χ1v) is 9.62. The van der Waals surface area contributed by atoms with E-state index < -0.39 is 11.8 Å². The van der Waals surface area contributed by atoms with E-state index in [0.29, 0.717) is 33.8 Å². The van der Waals surface area contributed by atoms with E-state index in [1.54, 1.807) is 49.6 Å². The standard InChI is InChI=1S/C20H17BrN2O4S/c1-3-27-14-7-5-13(6-8-14)23-19(25)15(18(24)22-20(23)28)10-12-4-9-17(26-2)16(21)11-12/h4-11H,3H2,1-2H3,(H,22,24,28)/b15-10+. The first-order valence-electron chi connectivity index (χ1n) is 8.42. The molecule has 0 atom stereocenters. The summed E-state index contributed by atoms with van der Waals surface area (Å²) in [5.74, 6) is 0.303. The second-order valence-corrected chi connectivity index (χ2v) is 7.02. The lowest BCUT2D eigenvalue weighted by atomic mass is 10.1. The Morgan fingerprint density at radius 1 is 1.18 bits per heavy atom. The fourth-order valence-corrected chi connectivity index (χ4v) is 3.53. The summed E-state index contributed by atoms with van der Waals surface area (Å²) in [5, 5.41) is 2.60. The minimum Gasteiger partial charge on any atom is -0.496 e. The molecule has 3 rings (SSSR count). The van der Waals surface area contributed by atoms with E-state index in [-0.39, 0.29) is 10.7 Å². The molecule has 2 amide bonds. The topological polar surface area (TPSA) is 67.9 Å². The minimum atomic E-state index is -0.538. The second-order valence-electron chi connectivity index (χ2n) is 5.78. The van der Waals surface area contributed by atoms with Gasteiger partial charge in [0.25, 0.3) is 11.8 Å². The fourth-order valence-electron chi connectivity index (χ4n) is 2.69. The zero-order valence-electron chi connectivity index (χ0n) is 15.2. The molecule has 6 nitrogen and oxygen atoms in total. The van der Waals surface area contributed by atoms with Gasteiger partial charge in [-0.3, -0.25) is 19.8 Å². The van der Waals surface area contributed by atoms with E-state index in [0.717, 1.165) is 0 Å². The lowest BCUT2D eigenvalue weighted by molar-refractivity contribution is -0.122. The smallest absolute Gasteiger partial charge is 0.270 e. The van der Waals surface area contributed by atoms with Gasteiger partial charge in [-0.1, -0.05) is 6.07 Å². The number of methoxy groups -OCH3 is 1. The summed E-state index contributed by atoms with van der Waals surface area (Å²) in [6.07, 6.45) is 1.52. The van der Waals surface area contributed by atoms with Crippen molar-refractivity contribution in [2.75, 3.05) is 18.6 Å². The molecule has 0 saturated carbocycles. The second kappa shape index (κ2) is 8.53. The van der Waals surface area contributed by atoms with Crippen molar-refractivity contribution in [3.63, 3.8) is 0 Å². The summed E-state index contributed by atoms with van der Waals surface area (Å²) in [7, 11) is 1.56. The molecule has 1 fully saturated rings. The van der Waals surface area contributed by atoms with E-state index in [2.05, 4.69) is 21.2 Å². The van der Waals surface area contributed by atoms with Crippen LogP contribution in [0.2, 0.25) is 0 Å². The molecule has 8 heteroatoms. The highest BCUT2D eigenvalue weighted by atomic mass is 79.9. The van der Waals surface area contributed by atoms with Gasteiger partial charge in [-0.05, 0) is 83.1 Å². The highest BCUT2D eigenvalue weighted by molar-refractivity contribution is 9.10. The maximum absolute atomic E-state index is 13.0. The monoisotopic (exact) mass is 460 g/mol. The van der Waals surface area contributed by atoms with E-state index >= 15 is 0 Å². The number of halogens is 1. The minimum absolute atomic E-state index is 0.0143. The van der Waals surface area contributed by atoms with E-state index in [1.807, 2.05) is 6.92 Å². The molecular weight excluding hydrogens is 444 g/mol. The number of thiocarbonyl (C=S) groups is 1. The van der Waals surface area contributed by atoms with Crippen molar-refractivity contribution >= 4 is 56.8 Å². The quantitative estimate of drug-likeness (QED) is 0.418. The Labute approximate surface area is 176 Å². The van der Waals surface area contributed by atoms with Gasteiger partial charge in [0.1, 0.15) is 17.1 Å². The van der Waals surface area contributed by atoms with Crippen LogP contribution in [-0.4, -0.2) is 30.6 Å². The number of carbonyl (C=O) groups excluding carboxylic acids is 2. The average molecular weight is 461 g/mol. The van der Waals surface area contributed by atoms with Crippen LogP contribution in [-0.2, 0) is 9.59 Å². The third kappa shape index (κ3) is 4.07. The molecule has 144 valence electrons. The maximum atomic E-state index is 13.0. The highest BCUT2D eigenvalue weighted by Gasteiger charge is 2.34. The lowest BCUT2D eigenvalue weighted by Gasteiger charge is -2.29. The van der Waals surface area contributed by atoms with Crippen LogP contribution in [0.5, 0.6) is 11.5 Å². The van der Waals surface area contributed by atoms with E-state index in [9.17, 15) is 9.59 Å². The molecule has 0 aliphatic carbocycles. The van der Waals surface area contributed by atoms with Gasteiger partial charge in [-0.2, -0.15) is 0 Å². The molecular formula is C20H17BrN2O4S. The van der Waals surface area contributed by atoms with Crippen LogP contribution in [0.1, 0.15) is 12.5 Å². The number of rotatable bonds is 5. The van der Waals surface area contributed by atoms with Crippen molar-refractivity contribution in [3.05, 3.63) is 58.1 Å². The van der Waals surface area contributed by atoms with Gasteiger partial charge in [-0.15, -0.1) is 0 Å². The van der Waals surface area contributed by atoms with Crippen LogP contribution >= 0.6 is 28.1 Å². The van der Waals surface area contributed by atoms with Crippen molar-refractivity contribution in [2.45, 2.75) is 6.92 Å². The number of anilines is 1. The van der Waals surface area contributed by atoms with Gasteiger partial charge in [-0.25, -0.2) is 0 Å². The van der Waals surface area contributed by atoms with Gasteiger partial charge < -0.3 is 9.47 Å². The Morgan fingerprint density at radius 2 is 1.89 bits per heavy atom. The SMILES string of the molecule is CCOc1ccc(N2C(=O)/C(=C/c3ccc(OC)c(Br)c3)C(=O)NC2=S)cc1. The zero-order valence-corrected chi connectivity index (χ0v) is 17.6. The largest absolute Gasteiger partial charge is 0.496 e. The number of hydrogen-bond acceptors (Lipinski definition) is 5.